The van der Waals surface area contributed by atoms with Gasteiger partial charge in [-0.3, -0.25) is 9.69 Å². The van der Waals surface area contributed by atoms with E-state index in [2.05, 4.69) is 4.90 Å². The normalized spacial score (nSPS) is 19.2. The number of hydrogen-bond acceptors (Lipinski definition) is 3. The summed E-state index contributed by atoms with van der Waals surface area (Å²) in [5, 5.41) is 9.09. The van der Waals surface area contributed by atoms with Crippen molar-refractivity contribution in [3.63, 3.8) is 0 Å². The summed E-state index contributed by atoms with van der Waals surface area (Å²) in [6.07, 6.45) is 0. The standard InChI is InChI=1S/C14H19NO3/c1-10(14(16)17)11(2)15-7-8-18-13-6-4-3-5-12(13)9-15/h3-6,10-11H,7-9H2,1-2H3,(H,16,17). The summed E-state index contributed by atoms with van der Waals surface area (Å²) in [5.41, 5.74) is 1.12. The van der Waals surface area contributed by atoms with Gasteiger partial charge in [0.1, 0.15) is 12.4 Å². The molecule has 1 aliphatic rings. The van der Waals surface area contributed by atoms with Crippen molar-refractivity contribution in [3.05, 3.63) is 29.8 Å². The zero-order valence-electron chi connectivity index (χ0n) is 10.8. The molecule has 0 aromatic heterocycles. The maximum absolute atomic E-state index is 11.1. The third-order valence-corrected chi connectivity index (χ3v) is 3.67. The number of para-hydroxylation sites is 1. The molecule has 4 nitrogen and oxygen atoms in total. The van der Waals surface area contributed by atoms with Gasteiger partial charge in [0.05, 0.1) is 5.92 Å². The van der Waals surface area contributed by atoms with E-state index in [0.29, 0.717) is 6.61 Å². The molecule has 2 unspecified atom stereocenters. The van der Waals surface area contributed by atoms with Crippen molar-refractivity contribution in [3.8, 4) is 5.75 Å². The highest BCUT2D eigenvalue weighted by Gasteiger charge is 2.27. The molecule has 0 radical (unpaired) electrons. The van der Waals surface area contributed by atoms with Gasteiger partial charge in [-0.05, 0) is 13.0 Å². The maximum atomic E-state index is 11.1. The Bertz CT molecular complexity index is 433. The summed E-state index contributed by atoms with van der Waals surface area (Å²) >= 11 is 0. The van der Waals surface area contributed by atoms with Crippen LogP contribution in [-0.2, 0) is 11.3 Å². The Balaban J connectivity index is 2.14. The number of carboxylic acids is 1. The van der Waals surface area contributed by atoms with Crippen molar-refractivity contribution in [1.29, 1.82) is 0 Å². The van der Waals surface area contributed by atoms with Crippen molar-refractivity contribution in [1.82, 2.24) is 4.90 Å². The number of carboxylic acid groups (broad SMARTS) is 1. The van der Waals surface area contributed by atoms with Gasteiger partial charge in [0.2, 0.25) is 0 Å². The second-order valence-corrected chi connectivity index (χ2v) is 4.79. The lowest BCUT2D eigenvalue weighted by Crippen LogP contribution is -2.41. The number of carbonyl (C=O) groups is 1. The molecule has 1 N–H and O–H groups in total. The van der Waals surface area contributed by atoms with Crippen molar-refractivity contribution in [2.24, 2.45) is 5.92 Å². The maximum Gasteiger partial charge on any atom is 0.307 e. The highest BCUT2D eigenvalue weighted by molar-refractivity contribution is 5.70. The molecule has 0 saturated carbocycles. The first-order valence-corrected chi connectivity index (χ1v) is 6.27. The zero-order chi connectivity index (χ0) is 13.1. The van der Waals surface area contributed by atoms with E-state index in [9.17, 15) is 4.79 Å². The lowest BCUT2D eigenvalue weighted by atomic mass is 10.0. The van der Waals surface area contributed by atoms with E-state index in [1.807, 2.05) is 31.2 Å². The Hall–Kier alpha value is -1.55. The van der Waals surface area contributed by atoms with Gasteiger partial charge >= 0.3 is 5.97 Å². The molecule has 0 aliphatic carbocycles. The smallest absolute Gasteiger partial charge is 0.307 e. The van der Waals surface area contributed by atoms with Crippen LogP contribution >= 0.6 is 0 Å². The van der Waals surface area contributed by atoms with Crippen molar-refractivity contribution in [2.75, 3.05) is 13.2 Å². The van der Waals surface area contributed by atoms with E-state index >= 15 is 0 Å². The number of fused-ring (bicyclic) bond motifs is 1. The van der Waals surface area contributed by atoms with Crippen LogP contribution in [0.25, 0.3) is 0 Å². The van der Waals surface area contributed by atoms with Crippen LogP contribution in [-0.4, -0.2) is 35.2 Å². The van der Waals surface area contributed by atoms with Crippen LogP contribution in [0.2, 0.25) is 0 Å². The fourth-order valence-corrected chi connectivity index (χ4v) is 2.22. The Morgan fingerprint density at radius 3 is 2.83 bits per heavy atom. The molecule has 1 aromatic carbocycles. The summed E-state index contributed by atoms with van der Waals surface area (Å²) in [5.74, 6) is -0.216. The molecule has 0 bridgehead atoms. The molecular formula is C14H19NO3. The molecule has 4 heteroatoms. The molecule has 2 rings (SSSR count). The predicted octanol–water partition coefficient (Wildman–Crippen LogP) is 1.99. The molecule has 1 heterocycles. The fourth-order valence-electron chi connectivity index (χ4n) is 2.22. The molecule has 0 fully saturated rings. The van der Waals surface area contributed by atoms with Gasteiger partial charge in [-0.1, -0.05) is 25.1 Å². The van der Waals surface area contributed by atoms with Crippen molar-refractivity contribution < 1.29 is 14.6 Å². The minimum absolute atomic E-state index is 0.00254. The average molecular weight is 249 g/mol. The lowest BCUT2D eigenvalue weighted by Gasteiger charge is -2.29. The molecule has 2 atom stereocenters. The van der Waals surface area contributed by atoms with E-state index in [1.54, 1.807) is 6.92 Å². The van der Waals surface area contributed by atoms with Crippen LogP contribution in [0, 0.1) is 5.92 Å². The number of aliphatic carboxylic acids is 1. The van der Waals surface area contributed by atoms with Gasteiger partial charge in [0.15, 0.2) is 0 Å². The van der Waals surface area contributed by atoms with Crippen molar-refractivity contribution >= 4 is 5.97 Å². The van der Waals surface area contributed by atoms with Gasteiger partial charge in [0, 0.05) is 24.7 Å². The Morgan fingerprint density at radius 2 is 2.11 bits per heavy atom. The Morgan fingerprint density at radius 1 is 1.39 bits per heavy atom. The molecule has 1 aliphatic heterocycles. The molecular weight excluding hydrogens is 230 g/mol. The minimum atomic E-state index is -0.749. The Labute approximate surface area is 107 Å². The van der Waals surface area contributed by atoms with E-state index in [0.717, 1.165) is 24.4 Å². The molecule has 0 amide bonds. The molecule has 0 spiro atoms. The monoisotopic (exact) mass is 249 g/mol. The predicted molar refractivity (Wildman–Crippen MR) is 68.6 cm³/mol. The number of nitrogens with zero attached hydrogens (tertiary/aromatic N) is 1. The van der Waals surface area contributed by atoms with E-state index < -0.39 is 5.97 Å². The summed E-state index contributed by atoms with van der Waals surface area (Å²) < 4.78 is 5.68. The van der Waals surface area contributed by atoms with Gasteiger partial charge < -0.3 is 9.84 Å². The first-order chi connectivity index (χ1) is 8.59. The number of ether oxygens (including phenoxy) is 1. The third kappa shape index (κ3) is 2.64. The topological polar surface area (TPSA) is 49.8 Å². The number of benzene rings is 1. The van der Waals surface area contributed by atoms with Gasteiger partial charge in [-0.2, -0.15) is 0 Å². The zero-order valence-corrected chi connectivity index (χ0v) is 10.8. The molecule has 18 heavy (non-hydrogen) atoms. The number of hydrogen-bond donors (Lipinski definition) is 1. The molecule has 0 saturated heterocycles. The highest BCUT2D eigenvalue weighted by atomic mass is 16.5. The second-order valence-electron chi connectivity index (χ2n) is 4.79. The van der Waals surface area contributed by atoms with E-state index in [-0.39, 0.29) is 12.0 Å². The number of rotatable bonds is 3. The van der Waals surface area contributed by atoms with Crippen LogP contribution in [0.5, 0.6) is 5.75 Å². The summed E-state index contributed by atoms with van der Waals surface area (Å²) in [6, 6.07) is 7.93. The van der Waals surface area contributed by atoms with E-state index in [4.69, 9.17) is 9.84 Å². The SMILES string of the molecule is CC(C(=O)O)C(C)N1CCOc2ccccc2C1. The van der Waals surface area contributed by atoms with Crippen LogP contribution in [0.15, 0.2) is 24.3 Å². The van der Waals surface area contributed by atoms with Crippen LogP contribution in [0.4, 0.5) is 0 Å². The van der Waals surface area contributed by atoms with Gasteiger partial charge in [-0.15, -0.1) is 0 Å². The van der Waals surface area contributed by atoms with Crippen LogP contribution < -0.4 is 4.74 Å². The minimum Gasteiger partial charge on any atom is -0.492 e. The van der Waals surface area contributed by atoms with Crippen molar-refractivity contribution in [2.45, 2.75) is 26.4 Å². The van der Waals surface area contributed by atoms with Crippen LogP contribution in [0.1, 0.15) is 19.4 Å². The summed E-state index contributed by atoms with van der Waals surface area (Å²) in [4.78, 5) is 13.2. The lowest BCUT2D eigenvalue weighted by molar-refractivity contribution is -0.143. The summed E-state index contributed by atoms with van der Waals surface area (Å²) in [7, 11) is 0. The average Bonchev–Trinajstić information content (AvgIpc) is 2.58. The highest BCUT2D eigenvalue weighted by Crippen LogP contribution is 2.25. The molecule has 98 valence electrons. The Kier molecular flexibility index (Phi) is 3.87. The molecule has 1 aromatic rings. The second kappa shape index (κ2) is 5.40. The van der Waals surface area contributed by atoms with Gasteiger partial charge in [-0.25, -0.2) is 0 Å². The first kappa shape index (κ1) is 12.9. The van der Waals surface area contributed by atoms with Crippen LogP contribution in [0.3, 0.4) is 0 Å². The quantitative estimate of drug-likeness (QED) is 0.890. The van der Waals surface area contributed by atoms with E-state index in [1.165, 1.54) is 0 Å². The first-order valence-electron chi connectivity index (χ1n) is 6.27. The fraction of sp³-hybridized carbons (Fsp3) is 0.500. The van der Waals surface area contributed by atoms with Gasteiger partial charge in [0.25, 0.3) is 0 Å². The summed E-state index contributed by atoms with van der Waals surface area (Å²) in [6.45, 7) is 5.83. The third-order valence-electron chi connectivity index (χ3n) is 3.67. The largest absolute Gasteiger partial charge is 0.492 e.